The lowest BCUT2D eigenvalue weighted by atomic mass is 10.1. The van der Waals surface area contributed by atoms with E-state index >= 15 is 0 Å². The molecule has 2 unspecified atom stereocenters. The van der Waals surface area contributed by atoms with Crippen molar-refractivity contribution in [3.05, 3.63) is 11.6 Å². The van der Waals surface area contributed by atoms with Crippen molar-refractivity contribution < 1.29 is 13.6 Å². The molecule has 0 radical (unpaired) electrons. The minimum absolute atomic E-state index is 0.242. The molecule has 0 saturated carbocycles. The van der Waals surface area contributed by atoms with E-state index in [9.17, 15) is 13.6 Å². The molecule has 20 heavy (non-hydrogen) atoms. The summed E-state index contributed by atoms with van der Waals surface area (Å²) in [5, 5.41) is 9.62. The highest BCUT2D eigenvalue weighted by molar-refractivity contribution is 5.82. The normalized spacial score (nSPS) is 28.1. The third-order valence-corrected chi connectivity index (χ3v) is 3.72. The van der Waals surface area contributed by atoms with Crippen molar-refractivity contribution in [2.45, 2.75) is 50.7 Å². The van der Waals surface area contributed by atoms with Crippen LogP contribution >= 0.6 is 0 Å². The minimum atomic E-state index is -2.80. The molecule has 1 saturated heterocycles. The van der Waals surface area contributed by atoms with Gasteiger partial charge in [0.05, 0.1) is 18.6 Å². The molecule has 1 fully saturated rings. The summed E-state index contributed by atoms with van der Waals surface area (Å²) in [6, 6.07) is -1.07. The van der Waals surface area contributed by atoms with Gasteiger partial charge in [0.2, 0.25) is 5.91 Å². The van der Waals surface area contributed by atoms with Gasteiger partial charge in [-0.2, -0.15) is 5.10 Å². The maximum absolute atomic E-state index is 13.1. The number of carbonyl (C=O) groups is 1. The fourth-order valence-electron chi connectivity index (χ4n) is 2.78. The zero-order chi connectivity index (χ0) is 14.3. The van der Waals surface area contributed by atoms with Gasteiger partial charge in [-0.15, -0.1) is 0 Å². The molecule has 8 heteroatoms. The highest BCUT2D eigenvalue weighted by atomic mass is 19.3. The lowest BCUT2D eigenvalue weighted by Crippen LogP contribution is -2.43. The lowest BCUT2D eigenvalue weighted by molar-refractivity contribution is -0.124. The standard InChI is InChI=1S/C12H17F2N5O/c1-7-16-10-8(3-2-4-19(10)18-7)17-11(20)9-5-12(13,14)6-15-9/h8-9,15H,2-6H2,1H3,(H,17,20). The molecule has 3 rings (SSSR count). The number of rotatable bonds is 2. The first kappa shape index (κ1) is 13.4. The smallest absolute Gasteiger partial charge is 0.262 e. The van der Waals surface area contributed by atoms with Gasteiger partial charge in [-0.25, -0.2) is 18.4 Å². The molecule has 1 aromatic rings. The molecule has 110 valence electrons. The lowest BCUT2D eigenvalue weighted by Gasteiger charge is -2.24. The van der Waals surface area contributed by atoms with Crippen molar-refractivity contribution >= 4 is 5.91 Å². The zero-order valence-electron chi connectivity index (χ0n) is 11.2. The first-order valence-electron chi connectivity index (χ1n) is 6.77. The van der Waals surface area contributed by atoms with E-state index < -0.39 is 24.9 Å². The van der Waals surface area contributed by atoms with Crippen LogP contribution in [0.2, 0.25) is 0 Å². The molecular weight excluding hydrogens is 268 g/mol. The summed E-state index contributed by atoms with van der Waals surface area (Å²) in [6.45, 7) is 2.14. The van der Waals surface area contributed by atoms with Gasteiger partial charge in [-0.05, 0) is 19.8 Å². The topological polar surface area (TPSA) is 71.8 Å². The van der Waals surface area contributed by atoms with E-state index in [-0.39, 0.29) is 11.9 Å². The molecule has 0 bridgehead atoms. The van der Waals surface area contributed by atoms with Crippen molar-refractivity contribution in [2.75, 3.05) is 6.54 Å². The van der Waals surface area contributed by atoms with Crippen LogP contribution in [-0.4, -0.2) is 39.2 Å². The van der Waals surface area contributed by atoms with Gasteiger partial charge in [0.25, 0.3) is 5.92 Å². The van der Waals surface area contributed by atoms with Crippen LogP contribution in [0.15, 0.2) is 0 Å². The number of hydrogen-bond acceptors (Lipinski definition) is 4. The predicted octanol–water partition coefficient (Wildman–Crippen LogP) is 0.535. The Morgan fingerprint density at radius 2 is 2.35 bits per heavy atom. The second kappa shape index (κ2) is 4.76. The van der Waals surface area contributed by atoms with E-state index in [4.69, 9.17) is 0 Å². The number of alkyl halides is 2. The van der Waals surface area contributed by atoms with Gasteiger partial charge >= 0.3 is 0 Å². The first-order chi connectivity index (χ1) is 9.44. The van der Waals surface area contributed by atoms with Crippen LogP contribution in [-0.2, 0) is 11.3 Å². The molecule has 0 aromatic carbocycles. The Balaban J connectivity index is 1.68. The molecule has 3 heterocycles. The minimum Gasteiger partial charge on any atom is -0.345 e. The number of aromatic nitrogens is 3. The first-order valence-corrected chi connectivity index (χ1v) is 6.77. The Morgan fingerprint density at radius 1 is 1.55 bits per heavy atom. The molecule has 2 aliphatic heterocycles. The summed E-state index contributed by atoms with van der Waals surface area (Å²) in [6.07, 6.45) is 1.19. The summed E-state index contributed by atoms with van der Waals surface area (Å²) in [5.41, 5.74) is 0. The van der Waals surface area contributed by atoms with Crippen molar-refractivity contribution in [3.63, 3.8) is 0 Å². The maximum atomic E-state index is 13.1. The number of nitrogens with one attached hydrogen (secondary N) is 2. The van der Waals surface area contributed by atoms with Crippen molar-refractivity contribution in [1.29, 1.82) is 0 Å². The maximum Gasteiger partial charge on any atom is 0.262 e. The summed E-state index contributed by atoms with van der Waals surface area (Å²) in [4.78, 5) is 16.4. The molecule has 2 aliphatic rings. The molecule has 1 amide bonds. The van der Waals surface area contributed by atoms with E-state index in [1.807, 2.05) is 0 Å². The molecule has 6 nitrogen and oxygen atoms in total. The highest BCUT2D eigenvalue weighted by Gasteiger charge is 2.43. The van der Waals surface area contributed by atoms with Crippen molar-refractivity contribution in [3.8, 4) is 0 Å². The molecule has 2 atom stereocenters. The van der Waals surface area contributed by atoms with Gasteiger partial charge in [0, 0.05) is 13.0 Å². The largest absolute Gasteiger partial charge is 0.345 e. The number of fused-ring (bicyclic) bond motifs is 1. The second-order valence-electron chi connectivity index (χ2n) is 5.44. The van der Waals surface area contributed by atoms with Crippen molar-refractivity contribution in [2.24, 2.45) is 0 Å². The van der Waals surface area contributed by atoms with E-state index in [1.165, 1.54) is 0 Å². The summed E-state index contributed by atoms with van der Waals surface area (Å²) in [7, 11) is 0. The number of aryl methyl sites for hydroxylation is 2. The third-order valence-electron chi connectivity index (χ3n) is 3.72. The van der Waals surface area contributed by atoms with Crippen LogP contribution in [0.1, 0.15) is 37.0 Å². The Bertz CT molecular complexity index is 530. The molecule has 0 spiro atoms. The van der Waals surface area contributed by atoms with E-state index in [0.29, 0.717) is 11.6 Å². The Hall–Kier alpha value is -1.57. The number of carbonyl (C=O) groups excluding carboxylic acids is 1. The van der Waals surface area contributed by atoms with Crippen LogP contribution in [0.3, 0.4) is 0 Å². The Kier molecular flexibility index (Phi) is 3.19. The SMILES string of the molecule is Cc1nc2n(n1)CCCC2NC(=O)C1CC(F)(F)CN1. The van der Waals surface area contributed by atoms with E-state index in [0.717, 1.165) is 19.4 Å². The monoisotopic (exact) mass is 285 g/mol. The average molecular weight is 285 g/mol. The van der Waals surface area contributed by atoms with Crippen LogP contribution in [0.25, 0.3) is 0 Å². The summed E-state index contributed by atoms with van der Waals surface area (Å²) in [5.74, 6) is -1.81. The number of amides is 1. The average Bonchev–Trinajstić information content (AvgIpc) is 2.91. The van der Waals surface area contributed by atoms with E-state index in [2.05, 4.69) is 20.7 Å². The van der Waals surface area contributed by atoms with Gasteiger partial charge in [0.15, 0.2) is 0 Å². The Labute approximate surface area is 114 Å². The molecule has 1 aromatic heterocycles. The molecular formula is C12H17F2N5O. The molecule has 2 N–H and O–H groups in total. The van der Waals surface area contributed by atoms with Crippen LogP contribution in [0, 0.1) is 6.92 Å². The molecule has 0 aliphatic carbocycles. The third kappa shape index (κ3) is 2.52. The van der Waals surface area contributed by atoms with Crippen LogP contribution < -0.4 is 10.6 Å². The quantitative estimate of drug-likeness (QED) is 0.831. The second-order valence-corrected chi connectivity index (χ2v) is 5.44. The zero-order valence-corrected chi connectivity index (χ0v) is 11.2. The van der Waals surface area contributed by atoms with Crippen LogP contribution in [0.4, 0.5) is 8.78 Å². The summed E-state index contributed by atoms with van der Waals surface area (Å²) >= 11 is 0. The number of hydrogen-bond donors (Lipinski definition) is 2. The Morgan fingerprint density at radius 3 is 3.05 bits per heavy atom. The van der Waals surface area contributed by atoms with Gasteiger partial charge in [-0.1, -0.05) is 0 Å². The highest BCUT2D eigenvalue weighted by Crippen LogP contribution is 2.27. The fraction of sp³-hybridized carbons (Fsp3) is 0.750. The number of nitrogens with zero attached hydrogens (tertiary/aromatic N) is 3. The van der Waals surface area contributed by atoms with Gasteiger partial charge < -0.3 is 5.32 Å². The fourth-order valence-corrected chi connectivity index (χ4v) is 2.78. The number of halogens is 2. The van der Waals surface area contributed by atoms with Crippen LogP contribution in [0.5, 0.6) is 0 Å². The summed E-state index contributed by atoms with van der Waals surface area (Å²) < 4.78 is 28.0. The van der Waals surface area contributed by atoms with Gasteiger partial charge in [-0.3, -0.25) is 10.1 Å². The van der Waals surface area contributed by atoms with Gasteiger partial charge in [0.1, 0.15) is 11.6 Å². The predicted molar refractivity (Wildman–Crippen MR) is 66.2 cm³/mol. The van der Waals surface area contributed by atoms with E-state index in [1.54, 1.807) is 11.6 Å². The van der Waals surface area contributed by atoms with Crippen molar-refractivity contribution in [1.82, 2.24) is 25.4 Å².